The van der Waals surface area contributed by atoms with Crippen molar-refractivity contribution in [3.05, 3.63) is 17.0 Å². The van der Waals surface area contributed by atoms with E-state index < -0.39 is 0 Å². The van der Waals surface area contributed by atoms with Crippen LogP contribution in [-0.2, 0) is 7.05 Å². The zero-order valence-electron chi connectivity index (χ0n) is 15.6. The maximum atomic E-state index is 12.9. The van der Waals surface area contributed by atoms with Crippen molar-refractivity contribution in [3.63, 3.8) is 0 Å². The first-order valence-corrected chi connectivity index (χ1v) is 9.58. The second-order valence-corrected chi connectivity index (χ2v) is 7.62. The number of piperidine rings is 1. The lowest BCUT2D eigenvalue weighted by Crippen LogP contribution is -2.42. The third-order valence-electron chi connectivity index (χ3n) is 5.84. The number of amides is 1. The molecule has 0 spiro atoms. The fourth-order valence-electron chi connectivity index (χ4n) is 4.24. The molecular formula is C19H32N4O. The van der Waals surface area contributed by atoms with E-state index in [1.165, 1.54) is 45.3 Å². The van der Waals surface area contributed by atoms with E-state index in [1.54, 1.807) is 0 Å². The fourth-order valence-corrected chi connectivity index (χ4v) is 4.24. The smallest absolute Gasteiger partial charge is 0.257 e. The molecule has 0 aliphatic carbocycles. The maximum absolute atomic E-state index is 12.9. The third kappa shape index (κ3) is 3.82. The van der Waals surface area contributed by atoms with Gasteiger partial charge in [-0.2, -0.15) is 5.10 Å². The van der Waals surface area contributed by atoms with Crippen LogP contribution in [0.2, 0.25) is 0 Å². The van der Waals surface area contributed by atoms with Gasteiger partial charge in [0.2, 0.25) is 0 Å². The van der Waals surface area contributed by atoms with E-state index in [2.05, 4.69) is 10.00 Å². The summed E-state index contributed by atoms with van der Waals surface area (Å²) in [6.45, 7) is 9.48. The Kier molecular flexibility index (Phi) is 5.59. The summed E-state index contributed by atoms with van der Waals surface area (Å²) in [6, 6.07) is 0. The van der Waals surface area contributed by atoms with E-state index >= 15 is 0 Å². The maximum Gasteiger partial charge on any atom is 0.257 e. The highest BCUT2D eigenvalue weighted by molar-refractivity contribution is 5.96. The van der Waals surface area contributed by atoms with Gasteiger partial charge < -0.3 is 9.80 Å². The number of hydrogen-bond donors (Lipinski definition) is 0. The normalized spacial score (nSPS) is 21.0. The van der Waals surface area contributed by atoms with Crippen LogP contribution in [-0.4, -0.2) is 58.2 Å². The number of hydrogen-bond acceptors (Lipinski definition) is 3. The van der Waals surface area contributed by atoms with Gasteiger partial charge in [-0.3, -0.25) is 9.48 Å². The predicted molar refractivity (Wildman–Crippen MR) is 96.2 cm³/mol. The fraction of sp³-hybridized carbons (Fsp3) is 0.789. The molecule has 0 unspecified atom stereocenters. The first-order chi connectivity index (χ1) is 11.6. The Hall–Kier alpha value is -1.36. The molecule has 5 heteroatoms. The number of aromatic nitrogens is 2. The minimum Gasteiger partial charge on any atom is -0.339 e. The first kappa shape index (κ1) is 17.5. The average molecular weight is 332 g/mol. The standard InChI is InChI=1S/C19H32N4O/c1-15-18(16(2)21(3)20-15)19(24)23-12-8-17(9-13-23)14-22-10-6-4-5-7-11-22/h17H,4-14H2,1-3H3. The summed E-state index contributed by atoms with van der Waals surface area (Å²) in [7, 11) is 1.91. The van der Waals surface area contributed by atoms with Gasteiger partial charge >= 0.3 is 0 Å². The van der Waals surface area contributed by atoms with Crippen molar-refractivity contribution in [1.82, 2.24) is 19.6 Å². The Morgan fingerprint density at radius 1 is 1.04 bits per heavy atom. The molecule has 2 fully saturated rings. The number of aryl methyl sites for hydroxylation is 2. The minimum atomic E-state index is 0.173. The van der Waals surface area contributed by atoms with Crippen molar-refractivity contribution in [1.29, 1.82) is 0 Å². The molecule has 0 N–H and O–H groups in total. The lowest BCUT2D eigenvalue weighted by Gasteiger charge is -2.34. The molecule has 0 saturated carbocycles. The molecule has 24 heavy (non-hydrogen) atoms. The van der Waals surface area contributed by atoms with Crippen molar-refractivity contribution >= 4 is 5.91 Å². The SMILES string of the molecule is Cc1nn(C)c(C)c1C(=O)N1CCC(CN2CCCCCC2)CC1. The Morgan fingerprint density at radius 2 is 1.67 bits per heavy atom. The van der Waals surface area contributed by atoms with E-state index in [0.717, 1.165) is 48.8 Å². The minimum absolute atomic E-state index is 0.173. The molecule has 3 rings (SSSR count). The molecule has 1 amide bonds. The lowest BCUT2D eigenvalue weighted by atomic mass is 9.95. The molecule has 0 aromatic carbocycles. The van der Waals surface area contributed by atoms with Gasteiger partial charge in [0.1, 0.15) is 0 Å². The lowest BCUT2D eigenvalue weighted by molar-refractivity contribution is 0.0666. The summed E-state index contributed by atoms with van der Waals surface area (Å²) in [5.74, 6) is 0.926. The number of carbonyl (C=O) groups is 1. The predicted octanol–water partition coefficient (Wildman–Crippen LogP) is 2.77. The van der Waals surface area contributed by atoms with Crippen LogP contribution in [0.15, 0.2) is 0 Å². The summed E-state index contributed by atoms with van der Waals surface area (Å²) < 4.78 is 1.81. The van der Waals surface area contributed by atoms with E-state index in [9.17, 15) is 4.79 Å². The van der Waals surface area contributed by atoms with Crippen LogP contribution < -0.4 is 0 Å². The third-order valence-corrected chi connectivity index (χ3v) is 5.84. The summed E-state index contributed by atoms with van der Waals surface area (Å²) in [5.41, 5.74) is 2.64. The summed E-state index contributed by atoms with van der Waals surface area (Å²) >= 11 is 0. The van der Waals surface area contributed by atoms with Crippen LogP contribution in [0.5, 0.6) is 0 Å². The Bertz CT molecular complexity index is 564. The molecule has 2 aliphatic heterocycles. The van der Waals surface area contributed by atoms with Crippen LogP contribution >= 0.6 is 0 Å². The molecule has 2 aliphatic rings. The molecule has 0 bridgehead atoms. The average Bonchev–Trinajstić information content (AvgIpc) is 2.75. The van der Waals surface area contributed by atoms with E-state index in [0.29, 0.717) is 0 Å². The van der Waals surface area contributed by atoms with Crippen LogP contribution in [0, 0.1) is 19.8 Å². The van der Waals surface area contributed by atoms with Gasteiger partial charge in [-0.25, -0.2) is 0 Å². The number of rotatable bonds is 3. The molecule has 2 saturated heterocycles. The van der Waals surface area contributed by atoms with Crippen LogP contribution in [0.4, 0.5) is 0 Å². The molecule has 1 aromatic heterocycles. The zero-order valence-corrected chi connectivity index (χ0v) is 15.6. The van der Waals surface area contributed by atoms with Crippen LogP contribution in [0.3, 0.4) is 0 Å². The molecule has 0 atom stereocenters. The quantitative estimate of drug-likeness (QED) is 0.855. The highest BCUT2D eigenvalue weighted by atomic mass is 16.2. The van der Waals surface area contributed by atoms with Crippen molar-refractivity contribution in [3.8, 4) is 0 Å². The first-order valence-electron chi connectivity index (χ1n) is 9.58. The van der Waals surface area contributed by atoms with Gasteiger partial charge in [0.15, 0.2) is 0 Å². The Morgan fingerprint density at radius 3 is 2.21 bits per heavy atom. The second kappa shape index (κ2) is 7.68. The molecule has 5 nitrogen and oxygen atoms in total. The highest BCUT2D eigenvalue weighted by Gasteiger charge is 2.28. The van der Waals surface area contributed by atoms with Gasteiger partial charge in [0, 0.05) is 32.4 Å². The topological polar surface area (TPSA) is 41.4 Å². The van der Waals surface area contributed by atoms with Crippen molar-refractivity contribution < 1.29 is 4.79 Å². The second-order valence-electron chi connectivity index (χ2n) is 7.62. The number of likely N-dealkylation sites (tertiary alicyclic amines) is 2. The Labute approximate surface area is 146 Å². The summed E-state index contributed by atoms with van der Waals surface area (Å²) in [6.07, 6.45) is 7.79. The van der Waals surface area contributed by atoms with E-state index in [1.807, 2.05) is 30.5 Å². The Balaban J connectivity index is 1.53. The molecule has 0 radical (unpaired) electrons. The number of carbonyl (C=O) groups excluding carboxylic acids is 1. The molecular weight excluding hydrogens is 300 g/mol. The molecule has 1 aromatic rings. The van der Waals surface area contributed by atoms with Gasteiger partial charge in [-0.05, 0) is 58.5 Å². The van der Waals surface area contributed by atoms with Gasteiger partial charge in [0.25, 0.3) is 5.91 Å². The van der Waals surface area contributed by atoms with E-state index in [4.69, 9.17) is 0 Å². The monoisotopic (exact) mass is 332 g/mol. The van der Waals surface area contributed by atoms with Gasteiger partial charge in [0.05, 0.1) is 11.3 Å². The summed E-state index contributed by atoms with van der Waals surface area (Å²) in [4.78, 5) is 17.6. The van der Waals surface area contributed by atoms with Crippen LogP contribution in [0.1, 0.15) is 60.3 Å². The highest BCUT2D eigenvalue weighted by Crippen LogP contribution is 2.23. The molecule has 134 valence electrons. The van der Waals surface area contributed by atoms with Crippen LogP contribution in [0.25, 0.3) is 0 Å². The van der Waals surface area contributed by atoms with Gasteiger partial charge in [-0.15, -0.1) is 0 Å². The largest absolute Gasteiger partial charge is 0.339 e. The van der Waals surface area contributed by atoms with E-state index in [-0.39, 0.29) is 5.91 Å². The van der Waals surface area contributed by atoms with Crippen molar-refractivity contribution in [2.45, 2.75) is 52.4 Å². The van der Waals surface area contributed by atoms with Crippen molar-refractivity contribution in [2.24, 2.45) is 13.0 Å². The summed E-state index contributed by atoms with van der Waals surface area (Å²) in [5, 5.41) is 4.39. The zero-order chi connectivity index (χ0) is 17.1. The van der Waals surface area contributed by atoms with Crippen molar-refractivity contribution in [2.75, 3.05) is 32.7 Å². The molecule has 3 heterocycles. The van der Waals surface area contributed by atoms with Gasteiger partial charge in [-0.1, -0.05) is 12.8 Å². The number of nitrogens with zero attached hydrogens (tertiary/aromatic N) is 4.